The highest BCUT2D eigenvalue weighted by Crippen LogP contribution is 2.12. The first-order chi connectivity index (χ1) is 10.2. The monoisotopic (exact) mass is 291 g/mol. The van der Waals surface area contributed by atoms with Crippen LogP contribution in [-0.2, 0) is 4.79 Å². The molecule has 21 heavy (non-hydrogen) atoms. The standard InChI is InChI=1S/C15H25N5O/c1-13(10-16)11-18-15(21)12-19-6-8-20(9-7-19)14-4-2-3-5-17-14/h2-5,13H,6-12,16H2,1H3,(H,18,21). The number of pyridine rings is 1. The van der Waals surface area contributed by atoms with Crippen LogP contribution in [0.5, 0.6) is 0 Å². The number of rotatable bonds is 6. The molecule has 3 N–H and O–H groups in total. The van der Waals surface area contributed by atoms with Crippen LogP contribution in [0.3, 0.4) is 0 Å². The first kappa shape index (κ1) is 15.7. The van der Waals surface area contributed by atoms with Crippen molar-refractivity contribution in [3.05, 3.63) is 24.4 Å². The zero-order valence-electron chi connectivity index (χ0n) is 12.7. The lowest BCUT2D eigenvalue weighted by molar-refractivity contribution is -0.122. The number of hydrogen-bond donors (Lipinski definition) is 2. The van der Waals surface area contributed by atoms with Gasteiger partial charge in [0.15, 0.2) is 0 Å². The summed E-state index contributed by atoms with van der Waals surface area (Å²) in [5.41, 5.74) is 5.54. The van der Waals surface area contributed by atoms with Gasteiger partial charge in [0.2, 0.25) is 5.91 Å². The molecule has 1 aromatic rings. The number of piperazine rings is 1. The summed E-state index contributed by atoms with van der Waals surface area (Å²) in [5.74, 6) is 1.43. The second kappa shape index (κ2) is 7.95. The normalized spacial score (nSPS) is 17.5. The minimum absolute atomic E-state index is 0.0848. The van der Waals surface area contributed by atoms with E-state index in [0.717, 1.165) is 32.0 Å². The van der Waals surface area contributed by atoms with Gasteiger partial charge < -0.3 is 16.0 Å². The fraction of sp³-hybridized carbons (Fsp3) is 0.600. The fourth-order valence-corrected chi connectivity index (χ4v) is 2.31. The lowest BCUT2D eigenvalue weighted by atomic mass is 10.2. The van der Waals surface area contributed by atoms with Crippen LogP contribution in [0.1, 0.15) is 6.92 Å². The molecule has 0 aliphatic carbocycles. The van der Waals surface area contributed by atoms with Crippen LogP contribution in [-0.4, -0.2) is 61.6 Å². The number of aromatic nitrogens is 1. The van der Waals surface area contributed by atoms with Crippen molar-refractivity contribution in [2.45, 2.75) is 6.92 Å². The number of nitrogens with one attached hydrogen (secondary N) is 1. The third kappa shape index (κ3) is 4.99. The van der Waals surface area contributed by atoms with Crippen LogP contribution in [0.25, 0.3) is 0 Å². The molecular formula is C15H25N5O. The van der Waals surface area contributed by atoms with Gasteiger partial charge in [-0.2, -0.15) is 0 Å². The Hall–Kier alpha value is -1.66. The zero-order valence-corrected chi connectivity index (χ0v) is 12.7. The fourth-order valence-electron chi connectivity index (χ4n) is 2.31. The SMILES string of the molecule is CC(CN)CNC(=O)CN1CCN(c2ccccn2)CC1. The van der Waals surface area contributed by atoms with Crippen LogP contribution in [0.15, 0.2) is 24.4 Å². The summed E-state index contributed by atoms with van der Waals surface area (Å²) >= 11 is 0. The minimum Gasteiger partial charge on any atom is -0.355 e. The number of carbonyl (C=O) groups is 1. The van der Waals surface area contributed by atoms with E-state index in [1.165, 1.54) is 0 Å². The van der Waals surface area contributed by atoms with E-state index >= 15 is 0 Å². The average Bonchev–Trinajstić information content (AvgIpc) is 2.54. The summed E-state index contributed by atoms with van der Waals surface area (Å²) in [5, 5.41) is 2.94. The Balaban J connectivity index is 1.70. The number of hydrogen-bond acceptors (Lipinski definition) is 5. The van der Waals surface area contributed by atoms with Crippen LogP contribution in [0.4, 0.5) is 5.82 Å². The molecule has 2 heterocycles. The molecule has 1 saturated heterocycles. The van der Waals surface area contributed by atoms with Crippen molar-refractivity contribution in [1.82, 2.24) is 15.2 Å². The number of anilines is 1. The van der Waals surface area contributed by atoms with Gasteiger partial charge in [-0.1, -0.05) is 13.0 Å². The highest BCUT2D eigenvalue weighted by atomic mass is 16.2. The van der Waals surface area contributed by atoms with Gasteiger partial charge in [0.1, 0.15) is 5.82 Å². The summed E-state index contributed by atoms with van der Waals surface area (Å²) < 4.78 is 0. The van der Waals surface area contributed by atoms with Crippen molar-refractivity contribution in [2.24, 2.45) is 11.7 Å². The quantitative estimate of drug-likeness (QED) is 0.766. The van der Waals surface area contributed by atoms with Gasteiger partial charge in [0.25, 0.3) is 0 Å². The van der Waals surface area contributed by atoms with E-state index in [0.29, 0.717) is 25.6 Å². The van der Waals surface area contributed by atoms with Gasteiger partial charge in [-0.15, -0.1) is 0 Å². The van der Waals surface area contributed by atoms with Gasteiger partial charge in [-0.05, 0) is 24.6 Å². The topological polar surface area (TPSA) is 74.5 Å². The minimum atomic E-state index is 0.0848. The molecule has 0 saturated carbocycles. The maximum absolute atomic E-state index is 11.9. The number of nitrogens with two attached hydrogens (primary N) is 1. The maximum atomic E-state index is 11.9. The summed E-state index contributed by atoms with van der Waals surface area (Å²) in [7, 11) is 0. The summed E-state index contributed by atoms with van der Waals surface area (Å²) in [6.45, 7) is 7.34. The molecule has 1 aromatic heterocycles. The molecule has 0 radical (unpaired) electrons. The first-order valence-electron chi connectivity index (χ1n) is 7.54. The van der Waals surface area contributed by atoms with Crippen molar-refractivity contribution >= 4 is 11.7 Å². The second-order valence-electron chi connectivity index (χ2n) is 5.60. The van der Waals surface area contributed by atoms with Gasteiger partial charge in [0, 0.05) is 38.9 Å². The predicted molar refractivity (Wildman–Crippen MR) is 84.1 cm³/mol. The zero-order chi connectivity index (χ0) is 15.1. The van der Waals surface area contributed by atoms with Crippen LogP contribution in [0, 0.1) is 5.92 Å². The molecule has 6 nitrogen and oxygen atoms in total. The molecular weight excluding hydrogens is 266 g/mol. The third-order valence-electron chi connectivity index (χ3n) is 3.76. The lowest BCUT2D eigenvalue weighted by Gasteiger charge is -2.35. The average molecular weight is 291 g/mol. The lowest BCUT2D eigenvalue weighted by Crippen LogP contribution is -2.50. The molecule has 1 fully saturated rings. The summed E-state index contributed by atoms with van der Waals surface area (Å²) in [6.07, 6.45) is 1.81. The van der Waals surface area contributed by atoms with Gasteiger partial charge in [-0.3, -0.25) is 9.69 Å². The number of nitrogens with zero attached hydrogens (tertiary/aromatic N) is 3. The van der Waals surface area contributed by atoms with Crippen molar-refractivity contribution in [3.8, 4) is 0 Å². The highest BCUT2D eigenvalue weighted by Gasteiger charge is 2.19. The Morgan fingerprint density at radius 3 is 2.76 bits per heavy atom. The van der Waals surface area contributed by atoms with E-state index in [1.54, 1.807) is 0 Å². The third-order valence-corrected chi connectivity index (χ3v) is 3.76. The van der Waals surface area contributed by atoms with Gasteiger partial charge in [-0.25, -0.2) is 4.98 Å². The highest BCUT2D eigenvalue weighted by molar-refractivity contribution is 5.78. The van der Waals surface area contributed by atoms with Gasteiger partial charge >= 0.3 is 0 Å². The Kier molecular flexibility index (Phi) is 5.95. The second-order valence-corrected chi connectivity index (χ2v) is 5.60. The van der Waals surface area contributed by atoms with Gasteiger partial charge in [0.05, 0.1) is 6.54 Å². The molecule has 1 aliphatic heterocycles. The molecule has 2 rings (SSSR count). The van der Waals surface area contributed by atoms with E-state index in [9.17, 15) is 4.79 Å². The van der Waals surface area contributed by atoms with Crippen molar-refractivity contribution < 1.29 is 4.79 Å². The van der Waals surface area contributed by atoms with E-state index in [2.05, 4.69) is 20.1 Å². The molecule has 1 aliphatic rings. The van der Waals surface area contributed by atoms with Crippen LogP contribution < -0.4 is 16.0 Å². The molecule has 116 valence electrons. The Morgan fingerprint density at radius 1 is 1.38 bits per heavy atom. The van der Waals surface area contributed by atoms with Crippen molar-refractivity contribution in [2.75, 3.05) is 50.7 Å². The molecule has 0 bridgehead atoms. The maximum Gasteiger partial charge on any atom is 0.234 e. The summed E-state index contributed by atoms with van der Waals surface area (Å²) in [6, 6.07) is 5.95. The number of amides is 1. The molecule has 6 heteroatoms. The van der Waals surface area contributed by atoms with E-state index in [-0.39, 0.29) is 5.91 Å². The summed E-state index contributed by atoms with van der Waals surface area (Å²) in [4.78, 5) is 20.7. The Labute approximate surface area is 126 Å². The smallest absolute Gasteiger partial charge is 0.234 e. The van der Waals surface area contributed by atoms with E-state index in [4.69, 9.17) is 5.73 Å². The van der Waals surface area contributed by atoms with E-state index in [1.807, 2.05) is 31.3 Å². The van der Waals surface area contributed by atoms with Crippen LogP contribution >= 0.6 is 0 Å². The van der Waals surface area contributed by atoms with Crippen molar-refractivity contribution in [1.29, 1.82) is 0 Å². The molecule has 1 amide bonds. The molecule has 1 atom stereocenters. The molecule has 0 aromatic carbocycles. The predicted octanol–water partition coefficient (Wildman–Crippen LogP) is -0.0854. The first-order valence-corrected chi connectivity index (χ1v) is 7.54. The molecule has 0 spiro atoms. The number of carbonyl (C=O) groups excluding carboxylic acids is 1. The van der Waals surface area contributed by atoms with Crippen molar-refractivity contribution in [3.63, 3.8) is 0 Å². The van der Waals surface area contributed by atoms with E-state index < -0.39 is 0 Å². The largest absolute Gasteiger partial charge is 0.355 e. The molecule has 1 unspecified atom stereocenters. The van der Waals surface area contributed by atoms with Crippen LogP contribution in [0.2, 0.25) is 0 Å². The Bertz CT molecular complexity index is 431. The Morgan fingerprint density at radius 2 is 2.14 bits per heavy atom.